The van der Waals surface area contributed by atoms with Crippen molar-refractivity contribution in [1.29, 1.82) is 0 Å². The molecule has 0 saturated heterocycles. The smallest absolute Gasteiger partial charge is 0.220 e. The molecule has 3 atom stereocenters. The first-order chi connectivity index (χ1) is 8.91. The molecule has 0 heterocycles. The number of hydrogen-bond donors (Lipinski definition) is 2. The monoisotopic (exact) mass is 270 g/mol. The molecule has 1 amide bonds. The summed E-state index contributed by atoms with van der Waals surface area (Å²) in [6.07, 6.45) is 3.99. The van der Waals surface area contributed by atoms with Crippen LogP contribution in [0, 0.1) is 11.3 Å². The third-order valence-corrected chi connectivity index (χ3v) is 4.27. The number of ether oxygens (including phenoxy) is 1. The van der Waals surface area contributed by atoms with Gasteiger partial charge in [-0.1, -0.05) is 34.1 Å². The van der Waals surface area contributed by atoms with Crippen molar-refractivity contribution >= 4 is 5.91 Å². The van der Waals surface area contributed by atoms with Gasteiger partial charge in [-0.05, 0) is 25.3 Å². The van der Waals surface area contributed by atoms with Crippen LogP contribution in [-0.4, -0.2) is 31.2 Å². The number of nitrogens with two attached hydrogens (primary N) is 1. The van der Waals surface area contributed by atoms with E-state index in [1.165, 1.54) is 0 Å². The molecule has 112 valence electrons. The first kappa shape index (κ1) is 16.4. The molecule has 0 radical (unpaired) electrons. The van der Waals surface area contributed by atoms with Gasteiger partial charge in [0.15, 0.2) is 0 Å². The van der Waals surface area contributed by atoms with Crippen LogP contribution in [0.15, 0.2) is 0 Å². The number of rotatable bonds is 8. The molecule has 1 rings (SSSR count). The highest BCUT2D eigenvalue weighted by Crippen LogP contribution is 2.42. The lowest BCUT2D eigenvalue weighted by atomic mass is 9.64. The van der Waals surface area contributed by atoms with Gasteiger partial charge in [0.05, 0.1) is 6.10 Å². The van der Waals surface area contributed by atoms with Gasteiger partial charge in [0.2, 0.25) is 5.91 Å². The van der Waals surface area contributed by atoms with E-state index < -0.39 is 0 Å². The maximum Gasteiger partial charge on any atom is 0.220 e. The Kier molecular flexibility index (Phi) is 6.27. The van der Waals surface area contributed by atoms with Gasteiger partial charge < -0.3 is 15.8 Å². The highest BCUT2D eigenvalue weighted by molar-refractivity contribution is 5.76. The third kappa shape index (κ3) is 4.46. The molecule has 4 nitrogen and oxygen atoms in total. The van der Waals surface area contributed by atoms with E-state index in [0.29, 0.717) is 13.0 Å². The Labute approximate surface area is 117 Å². The van der Waals surface area contributed by atoms with E-state index in [-0.39, 0.29) is 29.4 Å². The Morgan fingerprint density at radius 2 is 2.21 bits per heavy atom. The van der Waals surface area contributed by atoms with Crippen LogP contribution in [-0.2, 0) is 9.53 Å². The molecule has 0 spiro atoms. The van der Waals surface area contributed by atoms with E-state index >= 15 is 0 Å². The average Bonchev–Trinajstić information content (AvgIpc) is 2.36. The quantitative estimate of drug-likeness (QED) is 0.664. The van der Waals surface area contributed by atoms with Crippen molar-refractivity contribution in [2.24, 2.45) is 17.1 Å². The lowest BCUT2D eigenvalue weighted by Crippen LogP contribution is -2.62. The molecule has 0 bridgehead atoms. The number of carbonyl (C=O) groups is 1. The van der Waals surface area contributed by atoms with Crippen LogP contribution >= 0.6 is 0 Å². The summed E-state index contributed by atoms with van der Waals surface area (Å²) in [5, 5.41) is 3.12. The zero-order valence-electron chi connectivity index (χ0n) is 12.9. The minimum absolute atomic E-state index is 0.0371. The van der Waals surface area contributed by atoms with Gasteiger partial charge >= 0.3 is 0 Å². The molecule has 0 aromatic carbocycles. The molecule has 4 heteroatoms. The largest absolute Gasteiger partial charge is 0.378 e. The molecule has 19 heavy (non-hydrogen) atoms. The molecule has 0 aromatic heterocycles. The highest BCUT2D eigenvalue weighted by atomic mass is 16.5. The number of carbonyl (C=O) groups excluding carboxylic acids is 1. The minimum atomic E-state index is 0.0371. The van der Waals surface area contributed by atoms with E-state index in [4.69, 9.17) is 10.5 Å². The van der Waals surface area contributed by atoms with Crippen LogP contribution < -0.4 is 11.1 Å². The first-order valence-electron chi connectivity index (χ1n) is 7.52. The molecular weight excluding hydrogens is 240 g/mol. The Hall–Kier alpha value is -0.610. The summed E-state index contributed by atoms with van der Waals surface area (Å²) in [6.45, 7) is 9.90. The fraction of sp³-hybridized carbons (Fsp3) is 0.933. The highest BCUT2D eigenvalue weighted by Gasteiger charge is 2.49. The first-order valence-corrected chi connectivity index (χ1v) is 7.52. The molecule has 0 unspecified atom stereocenters. The Balaban J connectivity index is 2.32. The summed E-state index contributed by atoms with van der Waals surface area (Å²) < 4.78 is 5.88. The normalized spacial score (nSPS) is 26.6. The third-order valence-electron chi connectivity index (χ3n) is 4.27. The van der Waals surface area contributed by atoms with Gasteiger partial charge in [0, 0.05) is 24.5 Å². The van der Waals surface area contributed by atoms with Crippen LogP contribution in [0.4, 0.5) is 0 Å². The SMILES string of the molecule is CCCCO[C@@H]1C[C@H](NC(=O)C[C@@H](C)CN)C1(C)C. The lowest BCUT2D eigenvalue weighted by Gasteiger charge is -2.51. The molecule has 0 aromatic rings. The van der Waals surface area contributed by atoms with Crippen molar-refractivity contribution < 1.29 is 9.53 Å². The molecule has 1 aliphatic carbocycles. The topological polar surface area (TPSA) is 64.3 Å². The number of hydrogen-bond acceptors (Lipinski definition) is 3. The van der Waals surface area contributed by atoms with Gasteiger partial charge in [-0.25, -0.2) is 0 Å². The number of nitrogens with one attached hydrogen (secondary N) is 1. The fourth-order valence-corrected chi connectivity index (χ4v) is 2.44. The fourth-order valence-electron chi connectivity index (χ4n) is 2.44. The predicted molar refractivity (Wildman–Crippen MR) is 77.8 cm³/mol. The summed E-state index contributed by atoms with van der Waals surface area (Å²) in [6, 6.07) is 0.233. The van der Waals surface area contributed by atoms with Gasteiger partial charge in [-0.15, -0.1) is 0 Å². The van der Waals surface area contributed by atoms with Gasteiger partial charge in [0.1, 0.15) is 0 Å². The summed E-state index contributed by atoms with van der Waals surface area (Å²) in [5.41, 5.74) is 5.58. The molecule has 1 aliphatic rings. The van der Waals surface area contributed by atoms with E-state index in [2.05, 4.69) is 26.1 Å². The van der Waals surface area contributed by atoms with Gasteiger partial charge in [-0.3, -0.25) is 4.79 Å². The maximum absolute atomic E-state index is 11.9. The predicted octanol–water partition coefficient (Wildman–Crippen LogP) is 2.07. The molecule has 0 aliphatic heterocycles. The summed E-state index contributed by atoms with van der Waals surface area (Å²) in [5.74, 6) is 0.364. The van der Waals surface area contributed by atoms with E-state index in [1.54, 1.807) is 0 Å². The summed E-state index contributed by atoms with van der Waals surface area (Å²) in [4.78, 5) is 11.9. The number of amides is 1. The zero-order valence-corrected chi connectivity index (χ0v) is 12.9. The molecular formula is C15H30N2O2. The summed E-state index contributed by atoms with van der Waals surface area (Å²) >= 11 is 0. The van der Waals surface area contributed by atoms with Crippen LogP contribution in [0.25, 0.3) is 0 Å². The molecule has 1 fully saturated rings. The maximum atomic E-state index is 11.9. The van der Waals surface area contributed by atoms with Crippen molar-refractivity contribution in [2.75, 3.05) is 13.2 Å². The van der Waals surface area contributed by atoms with Gasteiger partial charge in [0.25, 0.3) is 0 Å². The van der Waals surface area contributed by atoms with Crippen LogP contribution in [0.5, 0.6) is 0 Å². The van der Waals surface area contributed by atoms with Crippen molar-refractivity contribution in [1.82, 2.24) is 5.32 Å². The van der Waals surface area contributed by atoms with E-state index in [0.717, 1.165) is 25.9 Å². The zero-order chi connectivity index (χ0) is 14.5. The van der Waals surface area contributed by atoms with E-state index in [9.17, 15) is 4.79 Å². The second kappa shape index (κ2) is 7.25. The average molecular weight is 270 g/mol. The lowest BCUT2D eigenvalue weighted by molar-refractivity contribution is -0.138. The van der Waals surface area contributed by atoms with Crippen LogP contribution in [0.1, 0.15) is 53.4 Å². The Bertz CT molecular complexity index is 292. The number of unbranched alkanes of at least 4 members (excludes halogenated alkanes) is 1. The second-order valence-electron chi connectivity index (χ2n) is 6.44. The van der Waals surface area contributed by atoms with E-state index in [1.807, 2.05) is 6.92 Å². The van der Waals surface area contributed by atoms with Crippen molar-refractivity contribution in [3.8, 4) is 0 Å². The van der Waals surface area contributed by atoms with Crippen molar-refractivity contribution in [2.45, 2.75) is 65.5 Å². The Morgan fingerprint density at radius 1 is 1.53 bits per heavy atom. The standard InChI is InChI=1S/C15H30N2O2/c1-5-6-7-19-13-9-12(15(13,3)4)17-14(18)8-11(2)10-16/h11-13H,5-10,16H2,1-4H3,(H,17,18)/t11-,12+,13-/m1/s1. The second-order valence-corrected chi connectivity index (χ2v) is 6.44. The van der Waals surface area contributed by atoms with Crippen LogP contribution in [0.3, 0.4) is 0 Å². The van der Waals surface area contributed by atoms with Crippen molar-refractivity contribution in [3.05, 3.63) is 0 Å². The van der Waals surface area contributed by atoms with Crippen molar-refractivity contribution in [3.63, 3.8) is 0 Å². The Morgan fingerprint density at radius 3 is 2.74 bits per heavy atom. The molecule has 3 N–H and O–H groups in total. The van der Waals surface area contributed by atoms with Gasteiger partial charge in [-0.2, -0.15) is 0 Å². The summed E-state index contributed by atoms with van der Waals surface area (Å²) in [7, 11) is 0. The molecule has 1 saturated carbocycles. The minimum Gasteiger partial charge on any atom is -0.378 e. The van der Waals surface area contributed by atoms with Crippen LogP contribution in [0.2, 0.25) is 0 Å².